The number of carbonyl (C=O) groups excluding carboxylic acids is 1. The molecule has 1 amide bonds. The van der Waals surface area contributed by atoms with Crippen LogP contribution in [0, 0.1) is 0 Å². The van der Waals surface area contributed by atoms with E-state index in [-0.39, 0.29) is 12.5 Å². The number of hydrogen-bond acceptors (Lipinski definition) is 4. The SMILES string of the molecule is COC(CN)C(=O)NCCCN1CCCCC1. The lowest BCUT2D eigenvalue weighted by molar-refractivity contribution is -0.130. The number of hydrogen-bond donors (Lipinski definition) is 2. The van der Waals surface area contributed by atoms with E-state index >= 15 is 0 Å². The Balaban J connectivity index is 2.04. The molecule has 1 heterocycles. The first-order valence-electron chi connectivity index (χ1n) is 6.51. The van der Waals surface area contributed by atoms with Crippen molar-refractivity contribution >= 4 is 5.91 Å². The van der Waals surface area contributed by atoms with Crippen LogP contribution in [0.5, 0.6) is 0 Å². The Morgan fingerprint density at radius 3 is 2.71 bits per heavy atom. The molecule has 1 aliphatic heterocycles. The van der Waals surface area contributed by atoms with Gasteiger partial charge in [0.1, 0.15) is 6.10 Å². The van der Waals surface area contributed by atoms with Gasteiger partial charge in [0.15, 0.2) is 0 Å². The molecule has 0 aromatic heterocycles. The van der Waals surface area contributed by atoms with Crippen LogP contribution in [0.25, 0.3) is 0 Å². The number of rotatable bonds is 7. The third-order valence-corrected chi connectivity index (χ3v) is 3.19. The second kappa shape index (κ2) is 8.44. The number of nitrogens with zero attached hydrogens (tertiary/aromatic N) is 1. The van der Waals surface area contributed by atoms with Crippen molar-refractivity contribution in [2.45, 2.75) is 31.8 Å². The van der Waals surface area contributed by atoms with E-state index in [2.05, 4.69) is 10.2 Å². The van der Waals surface area contributed by atoms with Gasteiger partial charge >= 0.3 is 0 Å². The number of nitrogens with two attached hydrogens (primary N) is 1. The van der Waals surface area contributed by atoms with Crippen molar-refractivity contribution in [2.75, 3.05) is 39.8 Å². The monoisotopic (exact) mass is 243 g/mol. The van der Waals surface area contributed by atoms with Gasteiger partial charge in [0.2, 0.25) is 5.91 Å². The lowest BCUT2D eigenvalue weighted by Crippen LogP contribution is -2.41. The zero-order valence-electron chi connectivity index (χ0n) is 10.8. The fourth-order valence-corrected chi connectivity index (χ4v) is 2.12. The highest BCUT2D eigenvalue weighted by Crippen LogP contribution is 2.08. The van der Waals surface area contributed by atoms with Gasteiger partial charge in [0.05, 0.1) is 0 Å². The van der Waals surface area contributed by atoms with E-state index in [4.69, 9.17) is 10.5 Å². The zero-order chi connectivity index (χ0) is 12.5. The van der Waals surface area contributed by atoms with Crippen LogP contribution in [0.4, 0.5) is 0 Å². The summed E-state index contributed by atoms with van der Waals surface area (Å²) in [5.74, 6) is -0.103. The molecule has 5 heteroatoms. The van der Waals surface area contributed by atoms with Gasteiger partial charge < -0.3 is 20.7 Å². The fourth-order valence-electron chi connectivity index (χ4n) is 2.12. The standard InChI is InChI=1S/C12H25N3O2/c1-17-11(10-13)12(16)14-6-5-9-15-7-3-2-4-8-15/h11H,2-10,13H2,1H3,(H,14,16). The molecular weight excluding hydrogens is 218 g/mol. The van der Waals surface area contributed by atoms with Crippen LogP contribution in [0.1, 0.15) is 25.7 Å². The van der Waals surface area contributed by atoms with Crippen LogP contribution in [0.3, 0.4) is 0 Å². The van der Waals surface area contributed by atoms with Gasteiger partial charge in [-0.2, -0.15) is 0 Å². The third kappa shape index (κ3) is 5.48. The number of amides is 1. The van der Waals surface area contributed by atoms with Crippen molar-refractivity contribution in [3.63, 3.8) is 0 Å². The third-order valence-electron chi connectivity index (χ3n) is 3.19. The predicted molar refractivity (Wildman–Crippen MR) is 67.8 cm³/mol. The predicted octanol–water partition coefficient (Wildman–Crippen LogP) is -0.0477. The van der Waals surface area contributed by atoms with E-state index in [1.165, 1.54) is 39.5 Å². The minimum absolute atomic E-state index is 0.103. The first kappa shape index (κ1) is 14.4. The van der Waals surface area contributed by atoms with Crippen molar-refractivity contribution in [3.8, 4) is 0 Å². The molecule has 0 bridgehead atoms. The fraction of sp³-hybridized carbons (Fsp3) is 0.917. The highest BCUT2D eigenvalue weighted by atomic mass is 16.5. The molecule has 1 aliphatic rings. The molecule has 1 saturated heterocycles. The Kier molecular flexibility index (Phi) is 7.16. The highest BCUT2D eigenvalue weighted by Gasteiger charge is 2.15. The van der Waals surface area contributed by atoms with Gasteiger partial charge in [-0.25, -0.2) is 0 Å². The van der Waals surface area contributed by atoms with Crippen molar-refractivity contribution in [2.24, 2.45) is 5.73 Å². The second-order valence-corrected chi connectivity index (χ2v) is 4.51. The molecule has 17 heavy (non-hydrogen) atoms. The molecule has 1 atom stereocenters. The highest BCUT2D eigenvalue weighted by molar-refractivity contribution is 5.80. The van der Waals surface area contributed by atoms with Gasteiger partial charge in [-0.3, -0.25) is 4.79 Å². The molecule has 0 radical (unpaired) electrons. The molecular formula is C12H25N3O2. The quantitative estimate of drug-likeness (QED) is 0.615. The van der Waals surface area contributed by atoms with E-state index in [0.29, 0.717) is 6.54 Å². The molecule has 0 saturated carbocycles. The van der Waals surface area contributed by atoms with E-state index in [0.717, 1.165) is 13.0 Å². The molecule has 100 valence electrons. The number of ether oxygens (including phenoxy) is 1. The normalized spacial score (nSPS) is 18.9. The minimum atomic E-state index is -0.509. The Hall–Kier alpha value is -0.650. The Labute approximate surface area is 104 Å². The molecule has 1 unspecified atom stereocenters. The summed E-state index contributed by atoms with van der Waals surface area (Å²) >= 11 is 0. The van der Waals surface area contributed by atoms with Crippen LogP contribution in [-0.2, 0) is 9.53 Å². The summed E-state index contributed by atoms with van der Waals surface area (Å²) in [4.78, 5) is 14.0. The Morgan fingerprint density at radius 2 is 2.12 bits per heavy atom. The number of carbonyl (C=O) groups is 1. The van der Waals surface area contributed by atoms with Crippen molar-refractivity contribution in [1.82, 2.24) is 10.2 Å². The van der Waals surface area contributed by atoms with Gasteiger partial charge in [-0.1, -0.05) is 6.42 Å². The minimum Gasteiger partial charge on any atom is -0.370 e. The number of piperidine rings is 1. The first-order chi connectivity index (χ1) is 8.27. The van der Waals surface area contributed by atoms with Gasteiger partial charge in [-0.05, 0) is 38.9 Å². The summed E-state index contributed by atoms with van der Waals surface area (Å²) < 4.78 is 4.96. The maximum Gasteiger partial charge on any atom is 0.250 e. The molecule has 0 spiro atoms. The smallest absolute Gasteiger partial charge is 0.250 e. The summed E-state index contributed by atoms with van der Waals surface area (Å²) in [5.41, 5.74) is 5.41. The van der Waals surface area contributed by atoms with Gasteiger partial charge in [-0.15, -0.1) is 0 Å². The summed E-state index contributed by atoms with van der Waals surface area (Å²) in [6.07, 6.45) is 4.47. The summed E-state index contributed by atoms with van der Waals surface area (Å²) in [6.45, 7) is 4.42. The second-order valence-electron chi connectivity index (χ2n) is 4.51. The van der Waals surface area contributed by atoms with E-state index in [9.17, 15) is 4.79 Å². The molecule has 5 nitrogen and oxygen atoms in total. The van der Waals surface area contributed by atoms with Crippen LogP contribution in [-0.4, -0.2) is 56.7 Å². The van der Waals surface area contributed by atoms with E-state index < -0.39 is 6.10 Å². The summed E-state index contributed by atoms with van der Waals surface area (Å²) in [7, 11) is 1.50. The average molecular weight is 243 g/mol. The van der Waals surface area contributed by atoms with Gasteiger partial charge in [0.25, 0.3) is 0 Å². The maximum atomic E-state index is 11.5. The maximum absolute atomic E-state index is 11.5. The first-order valence-corrected chi connectivity index (χ1v) is 6.51. The topological polar surface area (TPSA) is 67.6 Å². The lowest BCUT2D eigenvalue weighted by atomic mass is 10.1. The molecule has 1 rings (SSSR count). The van der Waals surface area contributed by atoms with Crippen LogP contribution < -0.4 is 11.1 Å². The summed E-state index contributed by atoms with van der Waals surface area (Å²) in [5, 5.41) is 2.85. The van der Waals surface area contributed by atoms with E-state index in [1.807, 2.05) is 0 Å². The van der Waals surface area contributed by atoms with Gasteiger partial charge in [0, 0.05) is 20.2 Å². The van der Waals surface area contributed by atoms with Crippen molar-refractivity contribution in [1.29, 1.82) is 0 Å². The lowest BCUT2D eigenvalue weighted by Gasteiger charge is -2.26. The number of likely N-dealkylation sites (tertiary alicyclic amines) is 1. The van der Waals surface area contributed by atoms with Crippen molar-refractivity contribution in [3.05, 3.63) is 0 Å². The molecule has 3 N–H and O–H groups in total. The Bertz CT molecular complexity index is 214. The van der Waals surface area contributed by atoms with Crippen LogP contribution in [0.15, 0.2) is 0 Å². The molecule has 0 aliphatic carbocycles. The Morgan fingerprint density at radius 1 is 1.41 bits per heavy atom. The molecule has 1 fully saturated rings. The molecule has 0 aromatic carbocycles. The number of nitrogens with one attached hydrogen (secondary N) is 1. The summed E-state index contributed by atoms with van der Waals surface area (Å²) in [6, 6.07) is 0. The van der Waals surface area contributed by atoms with Crippen LogP contribution >= 0.6 is 0 Å². The average Bonchev–Trinajstić information content (AvgIpc) is 2.37. The van der Waals surface area contributed by atoms with Crippen LogP contribution in [0.2, 0.25) is 0 Å². The largest absolute Gasteiger partial charge is 0.370 e. The van der Waals surface area contributed by atoms with E-state index in [1.54, 1.807) is 0 Å². The molecule has 0 aromatic rings. The number of methoxy groups -OCH3 is 1. The van der Waals surface area contributed by atoms with Crippen molar-refractivity contribution < 1.29 is 9.53 Å². The zero-order valence-corrected chi connectivity index (χ0v) is 10.8.